The van der Waals surface area contributed by atoms with Gasteiger partial charge >= 0.3 is 12.1 Å². The quantitative estimate of drug-likeness (QED) is 0.176. The Morgan fingerprint density at radius 1 is 0.732 bits per heavy atom. The Morgan fingerprint density at radius 3 is 1.56 bits per heavy atom. The predicted molar refractivity (Wildman–Crippen MR) is 163 cm³/mol. The molecule has 0 aliphatic heterocycles. The van der Waals surface area contributed by atoms with Gasteiger partial charge in [-0.25, -0.2) is 4.79 Å². The molecule has 0 saturated heterocycles. The SMILES string of the molecule is COC(=O)[C@@H](C(=O)[C@@H](OC(=O)N(C(C)C)C(C)C)[C@H](CC(C)C)N(Cc1ccccc1)Cc1ccccc1)C(C)C. The van der Waals surface area contributed by atoms with E-state index in [0.717, 1.165) is 11.1 Å². The lowest BCUT2D eigenvalue weighted by Gasteiger charge is -2.40. The molecule has 0 heterocycles. The average Bonchev–Trinajstić information content (AvgIpc) is 2.90. The van der Waals surface area contributed by atoms with Crippen molar-refractivity contribution in [2.45, 2.75) is 99.1 Å². The molecule has 3 atom stereocenters. The first-order valence-corrected chi connectivity index (χ1v) is 14.8. The van der Waals surface area contributed by atoms with Crippen LogP contribution >= 0.6 is 0 Å². The minimum Gasteiger partial charge on any atom is -0.468 e. The summed E-state index contributed by atoms with van der Waals surface area (Å²) in [5.41, 5.74) is 2.16. The second-order valence-corrected chi connectivity index (χ2v) is 12.1. The number of amides is 1. The first kappa shape index (κ1) is 34.0. The van der Waals surface area contributed by atoms with Gasteiger partial charge in [-0.05, 0) is 57.1 Å². The summed E-state index contributed by atoms with van der Waals surface area (Å²) in [6.07, 6.45) is -1.16. The third-order valence-electron chi connectivity index (χ3n) is 7.25. The highest BCUT2D eigenvalue weighted by Gasteiger charge is 2.44. The molecule has 0 aromatic heterocycles. The maximum Gasteiger partial charge on any atom is 0.411 e. The normalized spacial score (nSPS) is 13.9. The van der Waals surface area contributed by atoms with E-state index >= 15 is 0 Å². The van der Waals surface area contributed by atoms with Crippen molar-refractivity contribution in [3.63, 3.8) is 0 Å². The molecule has 0 bridgehead atoms. The summed E-state index contributed by atoms with van der Waals surface area (Å²) < 4.78 is 11.3. The summed E-state index contributed by atoms with van der Waals surface area (Å²) in [5.74, 6) is -2.25. The van der Waals surface area contributed by atoms with Crippen LogP contribution in [0.1, 0.15) is 72.9 Å². The molecule has 0 unspecified atom stereocenters. The third kappa shape index (κ3) is 9.99. The maximum absolute atomic E-state index is 14.4. The van der Waals surface area contributed by atoms with E-state index in [2.05, 4.69) is 43.0 Å². The molecule has 0 radical (unpaired) electrons. The largest absolute Gasteiger partial charge is 0.468 e. The number of hydrogen-bond acceptors (Lipinski definition) is 6. The van der Waals surface area contributed by atoms with Crippen LogP contribution in [0, 0.1) is 17.8 Å². The summed E-state index contributed by atoms with van der Waals surface area (Å²) in [5, 5.41) is 0. The first-order valence-electron chi connectivity index (χ1n) is 14.8. The van der Waals surface area contributed by atoms with E-state index in [1.165, 1.54) is 7.11 Å². The molecule has 0 aliphatic rings. The fourth-order valence-electron chi connectivity index (χ4n) is 5.41. The fourth-order valence-corrected chi connectivity index (χ4v) is 5.41. The maximum atomic E-state index is 14.4. The molecular formula is C34H50N2O5. The average molecular weight is 567 g/mol. The summed E-state index contributed by atoms with van der Waals surface area (Å²) in [6.45, 7) is 16.6. The molecule has 226 valence electrons. The number of ether oxygens (including phenoxy) is 2. The van der Waals surface area contributed by atoms with Gasteiger partial charge in [-0.3, -0.25) is 14.5 Å². The molecule has 0 aliphatic carbocycles. The van der Waals surface area contributed by atoms with Crippen molar-refractivity contribution < 1.29 is 23.9 Å². The molecule has 2 rings (SSSR count). The Labute approximate surface area is 247 Å². The minimum absolute atomic E-state index is 0.131. The van der Waals surface area contributed by atoms with Crippen LogP contribution < -0.4 is 0 Å². The Balaban J connectivity index is 2.70. The number of Topliss-reactive ketones (excluding diaryl/α,β-unsaturated/α-hetero) is 1. The number of rotatable bonds is 15. The van der Waals surface area contributed by atoms with E-state index in [1.807, 2.05) is 77.9 Å². The van der Waals surface area contributed by atoms with Gasteiger partial charge in [0.25, 0.3) is 0 Å². The predicted octanol–water partition coefficient (Wildman–Crippen LogP) is 6.74. The summed E-state index contributed by atoms with van der Waals surface area (Å²) in [6, 6.07) is 19.4. The molecule has 0 spiro atoms. The van der Waals surface area contributed by atoms with Crippen LogP contribution in [0.2, 0.25) is 0 Å². The van der Waals surface area contributed by atoms with Crippen LogP contribution in [0.3, 0.4) is 0 Å². The van der Waals surface area contributed by atoms with Gasteiger partial charge in [-0.2, -0.15) is 0 Å². The van der Waals surface area contributed by atoms with Crippen LogP contribution in [0.25, 0.3) is 0 Å². The van der Waals surface area contributed by atoms with Gasteiger partial charge in [0.1, 0.15) is 5.92 Å². The first-order chi connectivity index (χ1) is 19.4. The lowest BCUT2D eigenvalue weighted by Crippen LogP contribution is -2.54. The Hall–Kier alpha value is -3.19. The molecule has 7 nitrogen and oxygen atoms in total. The van der Waals surface area contributed by atoms with Crippen molar-refractivity contribution >= 4 is 17.8 Å². The van der Waals surface area contributed by atoms with E-state index in [1.54, 1.807) is 4.90 Å². The van der Waals surface area contributed by atoms with E-state index in [0.29, 0.717) is 19.5 Å². The molecule has 0 N–H and O–H groups in total. The standard InChI is InChI=1S/C34H50N2O5/c1-23(2)20-29(35(21-27-16-12-10-13-17-27)22-28-18-14-11-15-19-28)32(31(37)30(24(3)4)33(38)40-9)41-34(39)36(25(5)6)26(7)8/h10-19,23-26,29-30,32H,20-22H2,1-9H3/t29-,30+,32-/m0/s1. The van der Waals surface area contributed by atoms with Crippen LogP contribution in [0.4, 0.5) is 4.79 Å². The molecule has 0 fully saturated rings. The highest BCUT2D eigenvalue weighted by Crippen LogP contribution is 2.28. The van der Waals surface area contributed by atoms with Crippen molar-refractivity contribution in [1.29, 1.82) is 0 Å². The highest BCUT2D eigenvalue weighted by molar-refractivity contribution is 6.02. The zero-order chi connectivity index (χ0) is 30.7. The molecule has 1 amide bonds. The van der Waals surface area contributed by atoms with Crippen molar-refractivity contribution in [3.8, 4) is 0 Å². The monoisotopic (exact) mass is 566 g/mol. The number of ketones is 1. The zero-order valence-electron chi connectivity index (χ0n) is 26.4. The van der Waals surface area contributed by atoms with Crippen LogP contribution in [0.5, 0.6) is 0 Å². The third-order valence-corrected chi connectivity index (χ3v) is 7.25. The number of carbonyl (C=O) groups excluding carboxylic acids is 3. The van der Waals surface area contributed by atoms with Gasteiger partial charge in [0.05, 0.1) is 13.2 Å². The van der Waals surface area contributed by atoms with Gasteiger partial charge < -0.3 is 14.4 Å². The summed E-state index contributed by atoms with van der Waals surface area (Å²) >= 11 is 0. The van der Waals surface area contributed by atoms with Gasteiger partial charge in [0.15, 0.2) is 11.9 Å². The van der Waals surface area contributed by atoms with Crippen LogP contribution in [-0.4, -0.2) is 59.0 Å². The number of esters is 1. The van der Waals surface area contributed by atoms with Crippen molar-refractivity contribution in [3.05, 3.63) is 71.8 Å². The smallest absolute Gasteiger partial charge is 0.411 e. The number of methoxy groups -OCH3 is 1. The van der Waals surface area contributed by atoms with Crippen molar-refractivity contribution in [1.82, 2.24) is 9.80 Å². The van der Waals surface area contributed by atoms with Gasteiger partial charge in [-0.15, -0.1) is 0 Å². The summed E-state index contributed by atoms with van der Waals surface area (Å²) in [4.78, 5) is 44.9. The molecule has 0 saturated carbocycles. The highest BCUT2D eigenvalue weighted by atomic mass is 16.6. The molecular weight excluding hydrogens is 516 g/mol. The van der Waals surface area contributed by atoms with Crippen molar-refractivity contribution in [2.24, 2.45) is 17.8 Å². The minimum atomic E-state index is -1.18. The number of benzene rings is 2. The number of carbonyl (C=O) groups is 3. The van der Waals surface area contributed by atoms with E-state index in [-0.39, 0.29) is 23.9 Å². The van der Waals surface area contributed by atoms with E-state index in [9.17, 15) is 14.4 Å². The van der Waals surface area contributed by atoms with Gasteiger partial charge in [0, 0.05) is 25.2 Å². The Morgan fingerprint density at radius 2 is 1.20 bits per heavy atom. The second kappa shape index (κ2) is 16.3. The topological polar surface area (TPSA) is 76.2 Å². The molecule has 2 aromatic carbocycles. The fraction of sp³-hybridized carbons (Fsp3) is 0.559. The lowest BCUT2D eigenvalue weighted by molar-refractivity contribution is -0.156. The molecule has 2 aromatic rings. The Bertz CT molecular complexity index is 1040. The van der Waals surface area contributed by atoms with Crippen molar-refractivity contribution in [2.75, 3.05) is 7.11 Å². The van der Waals surface area contributed by atoms with Gasteiger partial charge in [-0.1, -0.05) is 88.4 Å². The number of hydrogen-bond donors (Lipinski definition) is 0. The van der Waals surface area contributed by atoms with E-state index in [4.69, 9.17) is 9.47 Å². The summed E-state index contributed by atoms with van der Waals surface area (Å²) in [7, 11) is 1.29. The number of nitrogens with zero attached hydrogens (tertiary/aromatic N) is 2. The van der Waals surface area contributed by atoms with E-state index < -0.39 is 35.9 Å². The zero-order valence-corrected chi connectivity index (χ0v) is 26.4. The van der Waals surface area contributed by atoms with Gasteiger partial charge in [0.2, 0.25) is 0 Å². The Kier molecular flexibility index (Phi) is 13.5. The lowest BCUT2D eigenvalue weighted by atomic mass is 9.84. The molecule has 41 heavy (non-hydrogen) atoms. The molecule has 7 heteroatoms. The second-order valence-electron chi connectivity index (χ2n) is 12.1. The van der Waals surface area contributed by atoms with Crippen LogP contribution in [-0.2, 0) is 32.2 Å². The van der Waals surface area contributed by atoms with Crippen LogP contribution in [0.15, 0.2) is 60.7 Å².